The lowest BCUT2D eigenvalue weighted by Gasteiger charge is -2.26. The minimum atomic E-state index is -0.393. The highest BCUT2D eigenvalue weighted by atomic mass is 35.5. The van der Waals surface area contributed by atoms with Gasteiger partial charge >= 0.3 is 0 Å². The molecule has 1 aliphatic heterocycles. The van der Waals surface area contributed by atoms with Crippen molar-refractivity contribution in [2.45, 2.75) is 19.4 Å². The highest BCUT2D eigenvalue weighted by Gasteiger charge is 2.20. The molecule has 1 saturated heterocycles. The molecule has 0 aromatic heterocycles. The van der Waals surface area contributed by atoms with Gasteiger partial charge in [-0.1, -0.05) is 16.8 Å². The molecule has 2 rings (SSSR count). The van der Waals surface area contributed by atoms with E-state index >= 15 is 0 Å². The number of nitro groups is 1. The zero-order valence-corrected chi connectivity index (χ0v) is 11.0. The van der Waals surface area contributed by atoms with Crippen LogP contribution in [-0.4, -0.2) is 33.8 Å². The normalized spacial score (nSPS) is 16.4. The van der Waals surface area contributed by atoms with Gasteiger partial charge in [-0.05, 0) is 12.1 Å². The maximum absolute atomic E-state index is 11.0. The smallest absolute Gasteiger partial charge is 0.273 e. The summed E-state index contributed by atoms with van der Waals surface area (Å²) < 4.78 is 0. The molecule has 7 heteroatoms. The zero-order chi connectivity index (χ0) is 13.8. The van der Waals surface area contributed by atoms with Crippen LogP contribution in [0.3, 0.4) is 0 Å². The predicted molar refractivity (Wildman–Crippen MR) is 71.8 cm³/mol. The van der Waals surface area contributed by atoms with Crippen LogP contribution in [0.2, 0.25) is 5.02 Å². The fraction of sp³-hybridized carbons (Fsp3) is 0.417. The topological polar surface area (TPSA) is 79.0 Å². The van der Waals surface area contributed by atoms with Crippen molar-refractivity contribution in [1.82, 2.24) is 4.90 Å². The fourth-order valence-electron chi connectivity index (χ4n) is 2.17. The van der Waals surface area contributed by atoms with Gasteiger partial charge in [-0.2, -0.15) is 0 Å². The number of nitrogens with zero attached hydrogens (tertiary/aromatic N) is 3. The van der Waals surface area contributed by atoms with Crippen molar-refractivity contribution in [3.8, 4) is 0 Å². The van der Waals surface area contributed by atoms with E-state index in [1.807, 2.05) is 0 Å². The summed E-state index contributed by atoms with van der Waals surface area (Å²) in [6.45, 7) is 1.93. The van der Waals surface area contributed by atoms with E-state index < -0.39 is 4.92 Å². The minimum absolute atomic E-state index is 0.0889. The summed E-state index contributed by atoms with van der Waals surface area (Å²) in [6, 6.07) is 4.59. The molecule has 6 nitrogen and oxygen atoms in total. The SMILES string of the molecule is O=[N+]([O-])c1ccc(Cl)cc1CN1CCC(=NO)CC1. The third-order valence-corrected chi connectivity index (χ3v) is 3.44. The van der Waals surface area contributed by atoms with Crippen molar-refractivity contribution in [3.63, 3.8) is 0 Å². The standard InChI is InChI=1S/C12H14ClN3O3/c13-10-1-2-12(16(18)19)9(7-10)8-15-5-3-11(14-17)4-6-15/h1-2,7,17H,3-6,8H2. The highest BCUT2D eigenvalue weighted by molar-refractivity contribution is 6.30. The van der Waals surface area contributed by atoms with Crippen molar-refractivity contribution in [2.75, 3.05) is 13.1 Å². The lowest BCUT2D eigenvalue weighted by molar-refractivity contribution is -0.385. The second kappa shape index (κ2) is 5.99. The summed E-state index contributed by atoms with van der Waals surface area (Å²) in [7, 11) is 0. The number of likely N-dealkylation sites (tertiary alicyclic amines) is 1. The Kier molecular flexibility index (Phi) is 4.34. The first-order valence-corrected chi connectivity index (χ1v) is 6.33. The molecule has 19 heavy (non-hydrogen) atoms. The molecule has 0 amide bonds. The van der Waals surface area contributed by atoms with Gasteiger partial charge in [0.15, 0.2) is 0 Å². The third kappa shape index (κ3) is 3.42. The van der Waals surface area contributed by atoms with Gasteiger partial charge in [0.05, 0.1) is 10.6 Å². The van der Waals surface area contributed by atoms with E-state index in [1.54, 1.807) is 6.07 Å². The average Bonchev–Trinajstić information content (AvgIpc) is 2.39. The Balaban J connectivity index is 2.11. The second-order valence-electron chi connectivity index (χ2n) is 4.47. The van der Waals surface area contributed by atoms with Crippen LogP contribution >= 0.6 is 11.6 Å². The molecule has 0 saturated carbocycles. The van der Waals surface area contributed by atoms with Gasteiger partial charge in [0.2, 0.25) is 0 Å². The van der Waals surface area contributed by atoms with Crippen LogP contribution in [0.25, 0.3) is 0 Å². The molecule has 0 bridgehead atoms. The Morgan fingerprint density at radius 1 is 1.42 bits per heavy atom. The molecule has 0 unspecified atom stereocenters. The average molecular weight is 284 g/mol. The van der Waals surface area contributed by atoms with Gasteiger partial charge in [-0.25, -0.2) is 0 Å². The van der Waals surface area contributed by atoms with E-state index in [0.29, 0.717) is 30.0 Å². The molecular weight excluding hydrogens is 270 g/mol. The molecule has 1 aromatic rings. The Bertz CT molecular complexity index is 509. The zero-order valence-electron chi connectivity index (χ0n) is 10.3. The van der Waals surface area contributed by atoms with Crippen molar-refractivity contribution in [3.05, 3.63) is 38.9 Å². The Labute approximate surface area is 115 Å². The summed E-state index contributed by atoms with van der Waals surface area (Å²) >= 11 is 5.89. The van der Waals surface area contributed by atoms with Crippen LogP contribution in [0.4, 0.5) is 5.69 Å². The fourth-order valence-corrected chi connectivity index (χ4v) is 2.36. The molecule has 1 aliphatic rings. The van der Waals surface area contributed by atoms with Crippen molar-refractivity contribution >= 4 is 23.0 Å². The van der Waals surface area contributed by atoms with E-state index in [4.69, 9.17) is 16.8 Å². The van der Waals surface area contributed by atoms with Gasteiger partial charge in [-0.15, -0.1) is 0 Å². The summed E-state index contributed by atoms with van der Waals surface area (Å²) in [4.78, 5) is 12.7. The third-order valence-electron chi connectivity index (χ3n) is 3.21. The van der Waals surface area contributed by atoms with Crippen LogP contribution in [0.15, 0.2) is 23.4 Å². The van der Waals surface area contributed by atoms with E-state index in [-0.39, 0.29) is 5.69 Å². The van der Waals surface area contributed by atoms with E-state index in [1.165, 1.54) is 12.1 Å². The first kappa shape index (κ1) is 13.8. The van der Waals surface area contributed by atoms with Crippen LogP contribution in [-0.2, 0) is 6.54 Å². The lowest BCUT2D eigenvalue weighted by atomic mass is 10.1. The number of hydrogen-bond acceptors (Lipinski definition) is 5. The van der Waals surface area contributed by atoms with Crippen LogP contribution in [0, 0.1) is 10.1 Å². The number of rotatable bonds is 3. The first-order chi connectivity index (χ1) is 9.10. The maximum Gasteiger partial charge on any atom is 0.273 e. The lowest BCUT2D eigenvalue weighted by Crippen LogP contribution is -2.33. The summed E-state index contributed by atoms with van der Waals surface area (Å²) in [5.41, 5.74) is 1.48. The first-order valence-electron chi connectivity index (χ1n) is 5.95. The predicted octanol–water partition coefficient (Wildman–Crippen LogP) is 2.67. The molecule has 1 heterocycles. The summed E-state index contributed by atoms with van der Waals surface area (Å²) in [5.74, 6) is 0. The number of hydrogen-bond donors (Lipinski definition) is 1. The minimum Gasteiger partial charge on any atom is -0.411 e. The van der Waals surface area contributed by atoms with Crippen molar-refractivity contribution < 1.29 is 10.1 Å². The van der Waals surface area contributed by atoms with Crippen molar-refractivity contribution in [2.24, 2.45) is 5.16 Å². The number of benzene rings is 1. The van der Waals surface area contributed by atoms with Gasteiger partial charge in [0.1, 0.15) is 0 Å². The molecule has 0 atom stereocenters. The number of halogens is 1. The second-order valence-corrected chi connectivity index (χ2v) is 4.91. The summed E-state index contributed by atoms with van der Waals surface area (Å²) in [5, 5.41) is 23.4. The van der Waals surface area contributed by atoms with Gasteiger partial charge < -0.3 is 5.21 Å². The molecule has 1 aromatic carbocycles. The highest BCUT2D eigenvalue weighted by Crippen LogP contribution is 2.25. The van der Waals surface area contributed by atoms with Crippen LogP contribution < -0.4 is 0 Å². The molecule has 0 aliphatic carbocycles. The molecule has 1 fully saturated rings. The Morgan fingerprint density at radius 3 is 2.68 bits per heavy atom. The number of piperidine rings is 1. The van der Waals surface area contributed by atoms with E-state index in [2.05, 4.69) is 10.1 Å². The maximum atomic E-state index is 11.0. The van der Waals surface area contributed by atoms with E-state index in [0.717, 1.165) is 18.8 Å². The summed E-state index contributed by atoms with van der Waals surface area (Å²) in [6.07, 6.45) is 1.37. The van der Waals surface area contributed by atoms with Gasteiger partial charge in [-0.3, -0.25) is 15.0 Å². The van der Waals surface area contributed by atoms with E-state index in [9.17, 15) is 10.1 Å². The number of oxime groups is 1. The monoisotopic (exact) mass is 283 g/mol. The van der Waals surface area contributed by atoms with Gasteiger partial charge in [0, 0.05) is 49.1 Å². The van der Waals surface area contributed by atoms with Gasteiger partial charge in [0.25, 0.3) is 5.69 Å². The van der Waals surface area contributed by atoms with Crippen molar-refractivity contribution in [1.29, 1.82) is 0 Å². The number of nitro benzene ring substituents is 1. The quantitative estimate of drug-likeness (QED) is 0.525. The Morgan fingerprint density at radius 2 is 2.11 bits per heavy atom. The Hall–Kier alpha value is -1.66. The largest absolute Gasteiger partial charge is 0.411 e. The molecule has 0 radical (unpaired) electrons. The molecule has 102 valence electrons. The molecular formula is C12H14ClN3O3. The molecule has 1 N–H and O–H groups in total. The molecule has 0 spiro atoms. The van der Waals surface area contributed by atoms with Crippen LogP contribution in [0.5, 0.6) is 0 Å². The van der Waals surface area contributed by atoms with Crippen LogP contribution in [0.1, 0.15) is 18.4 Å².